The molecule has 0 aliphatic carbocycles. The second-order valence-electron chi connectivity index (χ2n) is 20.7. The number of nitrogens with zero attached hydrogens (tertiary/aromatic N) is 6. The standard InChI is InChI=1S/C31H32N4O2.C28H28N4O2/c1-33-19-23(21-9-3-5-11-24(21)33)28-29(31(37)32-30(28)36)27-22-10-4-6-12-25(22)35-16-13-20(17-26(27)35)18-34-14-7-2-8-15-34;1-30(2)15-17-12-13-32-22-11-7-5-9-19(22)24(23(32)14-17)26-25(27(33)29-28(26)34)20-16-31(3)21-10-6-4-8-18(20)21/h3-6,9-12,19-20H,2,7-8,13-18H2,1H3,(H,32,36,37);4-11,16-17H,12-15H2,1-3H3,(H,29,33,34)/t;17-/m.0/s1. The van der Waals surface area contributed by atoms with Gasteiger partial charge in [-0.1, -0.05) is 79.2 Å². The molecule has 71 heavy (non-hydrogen) atoms. The van der Waals surface area contributed by atoms with Gasteiger partial charge in [0.25, 0.3) is 23.6 Å². The Morgan fingerprint density at radius 1 is 0.493 bits per heavy atom. The van der Waals surface area contributed by atoms with Crippen LogP contribution in [0, 0.1) is 11.8 Å². The van der Waals surface area contributed by atoms with Crippen LogP contribution in [0.4, 0.5) is 0 Å². The number of rotatable bonds is 8. The summed E-state index contributed by atoms with van der Waals surface area (Å²) in [7, 11) is 8.17. The number of amides is 4. The Balaban J connectivity index is 0.000000146. The molecule has 1 fully saturated rings. The molecule has 12 nitrogen and oxygen atoms in total. The minimum absolute atomic E-state index is 0.287. The van der Waals surface area contributed by atoms with Crippen molar-refractivity contribution in [3.63, 3.8) is 0 Å². The number of para-hydroxylation sites is 4. The zero-order valence-corrected chi connectivity index (χ0v) is 41.1. The van der Waals surface area contributed by atoms with Crippen LogP contribution in [0.15, 0.2) is 109 Å². The number of carbonyl (C=O) groups excluding carboxylic acids is 4. The van der Waals surface area contributed by atoms with E-state index in [4.69, 9.17) is 0 Å². The van der Waals surface area contributed by atoms with E-state index in [1.54, 1.807) is 0 Å². The van der Waals surface area contributed by atoms with Gasteiger partial charge in [0.15, 0.2) is 0 Å². The molecule has 0 saturated carbocycles. The van der Waals surface area contributed by atoms with Crippen molar-refractivity contribution in [3.8, 4) is 0 Å². The van der Waals surface area contributed by atoms with E-state index in [-0.39, 0.29) is 23.6 Å². The van der Waals surface area contributed by atoms with Gasteiger partial charge in [-0.05, 0) is 102 Å². The third-order valence-corrected chi connectivity index (χ3v) is 15.9. The van der Waals surface area contributed by atoms with Crippen LogP contribution in [-0.4, -0.2) is 92.0 Å². The molecule has 4 aromatic carbocycles. The van der Waals surface area contributed by atoms with Gasteiger partial charge in [0, 0.05) is 130 Å². The largest absolute Gasteiger partial charge is 0.350 e. The van der Waals surface area contributed by atoms with E-state index in [0.717, 1.165) is 123 Å². The number of aromatic nitrogens is 4. The molecule has 0 radical (unpaired) electrons. The summed E-state index contributed by atoms with van der Waals surface area (Å²) in [5.74, 6) is -0.156. The number of imide groups is 2. The molecule has 2 atom stereocenters. The predicted molar refractivity (Wildman–Crippen MR) is 282 cm³/mol. The molecule has 0 spiro atoms. The van der Waals surface area contributed by atoms with Crippen molar-refractivity contribution in [3.05, 3.63) is 143 Å². The molecular formula is C59H60N8O4. The van der Waals surface area contributed by atoms with Crippen LogP contribution in [-0.2, 0) is 59.2 Å². The van der Waals surface area contributed by atoms with Gasteiger partial charge >= 0.3 is 0 Å². The van der Waals surface area contributed by atoms with Gasteiger partial charge in [-0.15, -0.1) is 0 Å². The molecule has 5 aliphatic rings. The summed E-state index contributed by atoms with van der Waals surface area (Å²) >= 11 is 0. The zero-order chi connectivity index (χ0) is 48.7. The third-order valence-electron chi connectivity index (χ3n) is 15.9. The smallest absolute Gasteiger partial charge is 0.259 e. The number of aryl methyl sites for hydroxylation is 4. The highest BCUT2D eigenvalue weighted by atomic mass is 16.2. The molecule has 360 valence electrons. The summed E-state index contributed by atoms with van der Waals surface area (Å²) in [4.78, 5) is 58.4. The molecular weight excluding hydrogens is 885 g/mol. The molecule has 2 N–H and O–H groups in total. The molecule has 0 bridgehead atoms. The number of piperidine rings is 1. The van der Waals surface area contributed by atoms with E-state index < -0.39 is 0 Å². The molecule has 4 aromatic heterocycles. The highest BCUT2D eigenvalue weighted by Crippen LogP contribution is 2.45. The van der Waals surface area contributed by atoms with Crippen LogP contribution in [0.3, 0.4) is 0 Å². The molecule has 8 aromatic rings. The normalized spacial score (nSPS) is 19.6. The van der Waals surface area contributed by atoms with Crippen molar-refractivity contribution in [2.24, 2.45) is 25.9 Å². The number of benzene rings is 4. The van der Waals surface area contributed by atoms with Gasteiger partial charge in [-0.25, -0.2) is 0 Å². The summed E-state index contributed by atoms with van der Waals surface area (Å²) < 4.78 is 8.82. The maximum absolute atomic E-state index is 13.5. The number of hydrogen-bond donors (Lipinski definition) is 2. The van der Waals surface area contributed by atoms with Crippen molar-refractivity contribution < 1.29 is 19.2 Å². The van der Waals surface area contributed by atoms with E-state index in [1.165, 1.54) is 38.0 Å². The first-order valence-electron chi connectivity index (χ1n) is 25.4. The first kappa shape index (κ1) is 44.9. The van der Waals surface area contributed by atoms with E-state index in [9.17, 15) is 19.2 Å². The van der Waals surface area contributed by atoms with Gasteiger partial charge in [0.2, 0.25) is 0 Å². The molecule has 9 heterocycles. The minimum Gasteiger partial charge on any atom is -0.350 e. The average molecular weight is 945 g/mol. The van der Waals surface area contributed by atoms with Gasteiger partial charge in [-0.2, -0.15) is 0 Å². The first-order valence-corrected chi connectivity index (χ1v) is 25.4. The van der Waals surface area contributed by atoms with Crippen LogP contribution < -0.4 is 10.6 Å². The first-order chi connectivity index (χ1) is 34.5. The fourth-order valence-electron chi connectivity index (χ4n) is 12.9. The van der Waals surface area contributed by atoms with Crippen LogP contribution >= 0.6 is 0 Å². The lowest BCUT2D eigenvalue weighted by atomic mass is 9.88. The topological polar surface area (TPSA) is 119 Å². The Bertz CT molecular complexity index is 3590. The lowest BCUT2D eigenvalue weighted by Gasteiger charge is -2.33. The number of likely N-dealkylation sites (tertiary alicyclic amines) is 1. The molecule has 1 saturated heterocycles. The predicted octanol–water partition coefficient (Wildman–Crippen LogP) is 8.57. The summed E-state index contributed by atoms with van der Waals surface area (Å²) in [6.07, 6.45) is 11.9. The second-order valence-corrected chi connectivity index (χ2v) is 20.7. The number of carbonyl (C=O) groups is 4. The lowest BCUT2D eigenvalue weighted by Crippen LogP contribution is -2.36. The summed E-state index contributed by atoms with van der Waals surface area (Å²) in [5, 5.41) is 9.33. The van der Waals surface area contributed by atoms with Gasteiger partial charge < -0.3 is 28.1 Å². The quantitative estimate of drug-likeness (QED) is 0.148. The monoisotopic (exact) mass is 944 g/mol. The number of fused-ring (bicyclic) bond motifs is 8. The van der Waals surface area contributed by atoms with Crippen LogP contribution in [0.25, 0.3) is 65.9 Å². The Morgan fingerprint density at radius 3 is 1.38 bits per heavy atom. The van der Waals surface area contributed by atoms with Crippen molar-refractivity contribution in [2.45, 2.75) is 58.0 Å². The Morgan fingerprint density at radius 2 is 0.901 bits per heavy atom. The Kier molecular flexibility index (Phi) is 11.3. The van der Waals surface area contributed by atoms with Crippen LogP contribution in [0.1, 0.15) is 65.7 Å². The van der Waals surface area contributed by atoms with Crippen molar-refractivity contribution >= 4 is 89.5 Å². The zero-order valence-electron chi connectivity index (χ0n) is 41.1. The lowest BCUT2D eigenvalue weighted by molar-refractivity contribution is -0.124. The van der Waals surface area contributed by atoms with Gasteiger partial charge in [-0.3, -0.25) is 29.8 Å². The van der Waals surface area contributed by atoms with Crippen LogP contribution in [0.2, 0.25) is 0 Å². The number of nitrogens with one attached hydrogen (secondary N) is 2. The average Bonchev–Trinajstić information content (AvgIpc) is 4.19. The van der Waals surface area contributed by atoms with Crippen LogP contribution in [0.5, 0.6) is 0 Å². The second kappa shape index (κ2) is 17.8. The van der Waals surface area contributed by atoms with E-state index >= 15 is 0 Å². The van der Waals surface area contributed by atoms with Crippen molar-refractivity contribution in [1.82, 2.24) is 38.7 Å². The SMILES string of the molecule is CN(C)C[C@H]1CCn2c(c(C3=C(c4cn(C)c5ccccc45)C(=O)NC3=O)c3ccccc32)C1.Cn1cc(C2=C(c3c4n(c5ccccc35)CCC(CN3CCCCC3)C4)C(=O)NC2=O)c2ccccc21. The maximum atomic E-state index is 13.5. The summed E-state index contributed by atoms with van der Waals surface area (Å²) in [6, 6.07) is 32.7. The third kappa shape index (κ3) is 7.58. The number of hydrogen-bond acceptors (Lipinski definition) is 6. The minimum atomic E-state index is -0.318. The fraction of sp³-hybridized carbons (Fsp3) is 0.322. The van der Waals surface area contributed by atoms with Crippen molar-refractivity contribution in [2.75, 3.05) is 40.3 Å². The van der Waals surface area contributed by atoms with Crippen molar-refractivity contribution in [1.29, 1.82) is 0 Å². The molecule has 1 unspecified atom stereocenters. The highest BCUT2D eigenvalue weighted by molar-refractivity contribution is 6.52. The van der Waals surface area contributed by atoms with E-state index in [2.05, 4.69) is 80.1 Å². The molecule has 5 aliphatic heterocycles. The molecule has 4 amide bonds. The van der Waals surface area contributed by atoms with Gasteiger partial charge in [0.1, 0.15) is 0 Å². The summed E-state index contributed by atoms with van der Waals surface area (Å²) in [5.41, 5.74) is 12.3. The van der Waals surface area contributed by atoms with E-state index in [0.29, 0.717) is 34.1 Å². The maximum Gasteiger partial charge on any atom is 0.259 e. The Hall–Kier alpha value is -7.28. The van der Waals surface area contributed by atoms with Gasteiger partial charge in [0.05, 0.1) is 22.3 Å². The fourth-order valence-corrected chi connectivity index (χ4v) is 12.9. The van der Waals surface area contributed by atoms with E-state index in [1.807, 2.05) is 96.3 Å². The molecule has 13 rings (SSSR count). The highest BCUT2D eigenvalue weighted by Gasteiger charge is 2.40. The summed E-state index contributed by atoms with van der Waals surface area (Å²) in [6.45, 7) is 6.36. The molecule has 12 heteroatoms. The Labute approximate surface area is 413 Å².